The van der Waals surface area contributed by atoms with Crippen LogP contribution in [0.4, 0.5) is 29.1 Å². The fourth-order valence-corrected chi connectivity index (χ4v) is 10.4. The van der Waals surface area contributed by atoms with Gasteiger partial charge in [0.25, 0.3) is 24.7 Å². The first-order valence-corrected chi connectivity index (χ1v) is 21.5. The fourth-order valence-electron chi connectivity index (χ4n) is 10.4. The Kier molecular flexibility index (Phi) is 10.4. The number of carbonyl (C=O) groups is 5. The number of nitrogens with zero attached hydrogens (tertiary/aromatic N) is 9. The number of hydrogen-bond acceptors (Lipinski definition) is 10. The van der Waals surface area contributed by atoms with Crippen LogP contribution >= 0.6 is 0 Å². The van der Waals surface area contributed by atoms with Crippen LogP contribution in [0.25, 0.3) is 11.1 Å². The van der Waals surface area contributed by atoms with E-state index in [-0.39, 0.29) is 61.1 Å². The summed E-state index contributed by atoms with van der Waals surface area (Å²) in [4.78, 5) is 73.1. The second kappa shape index (κ2) is 16.0. The van der Waals surface area contributed by atoms with E-state index in [2.05, 4.69) is 10.4 Å². The average molecular weight is 871 g/mol. The number of hydrogen-bond donors (Lipinski definition) is 1. The van der Waals surface area contributed by atoms with Gasteiger partial charge in [0, 0.05) is 100.0 Å². The third-order valence-corrected chi connectivity index (χ3v) is 13.5. The van der Waals surface area contributed by atoms with Gasteiger partial charge in [-0.15, -0.1) is 0 Å². The summed E-state index contributed by atoms with van der Waals surface area (Å²) in [7, 11) is 1.74. The van der Waals surface area contributed by atoms with Crippen LogP contribution in [0.5, 0.6) is 0 Å². The van der Waals surface area contributed by atoms with Gasteiger partial charge in [-0.1, -0.05) is 0 Å². The maximum Gasteiger partial charge on any atom is 0.264 e. The van der Waals surface area contributed by atoms with E-state index >= 15 is 0 Å². The van der Waals surface area contributed by atoms with Crippen LogP contribution in [-0.2, 0) is 53.9 Å². The van der Waals surface area contributed by atoms with Gasteiger partial charge in [0.05, 0.1) is 36.5 Å². The molecule has 2 fully saturated rings. The summed E-state index contributed by atoms with van der Waals surface area (Å²) < 4.78 is 60.4. The molecule has 0 radical (unpaired) electrons. The molecule has 6 aliphatic rings. The highest BCUT2D eigenvalue weighted by Gasteiger charge is 2.46. The van der Waals surface area contributed by atoms with E-state index in [1.54, 1.807) is 47.2 Å². The summed E-state index contributed by atoms with van der Waals surface area (Å²) in [6.07, 6.45) is 1.32. The van der Waals surface area contributed by atoms with E-state index in [0.717, 1.165) is 39.3 Å². The van der Waals surface area contributed by atoms with E-state index in [1.807, 2.05) is 25.4 Å². The summed E-state index contributed by atoms with van der Waals surface area (Å²) in [5.74, 6) is -1.70. The highest BCUT2D eigenvalue weighted by atomic mass is 19.3. The monoisotopic (exact) mass is 870 g/mol. The van der Waals surface area contributed by atoms with E-state index in [1.165, 1.54) is 0 Å². The van der Waals surface area contributed by atoms with Gasteiger partial charge in [0.2, 0.25) is 17.7 Å². The molecular weight excluding hydrogens is 825 g/mol. The lowest BCUT2D eigenvalue weighted by molar-refractivity contribution is -0.136. The zero-order valence-electron chi connectivity index (χ0n) is 34.7. The smallest absolute Gasteiger partial charge is 0.264 e. The van der Waals surface area contributed by atoms with Crippen LogP contribution in [-0.4, -0.2) is 120 Å². The molecule has 1 N–H and O–H groups in total. The number of anilines is 2. The molecule has 0 spiro atoms. The Morgan fingerprint density at radius 2 is 1.54 bits per heavy atom. The predicted molar refractivity (Wildman–Crippen MR) is 218 cm³/mol. The molecule has 10 rings (SSSR count). The lowest BCUT2D eigenvalue weighted by Crippen LogP contribution is -2.54. The Balaban J connectivity index is 0.839. The molecule has 4 aromatic rings. The van der Waals surface area contributed by atoms with E-state index in [0.29, 0.717) is 87.6 Å². The van der Waals surface area contributed by atoms with Gasteiger partial charge in [0.1, 0.15) is 6.04 Å². The number of rotatable bonds is 9. The number of aromatic nitrogens is 4. The average Bonchev–Trinajstić information content (AvgIpc) is 4.03. The Hall–Kier alpha value is -5.95. The SMILES string of the molecule is Cn1cc(-c2cc3c(cc2C(F)F)N(c2nn(C4CCN(C(=O)CN5Cc6cc7c(cc6C5)C(=O)N(C5CCC(=O)NC5=O)C7=O)CC4)c4c2CN(CC(F)F)CC4)CCC3)cn1. The van der Waals surface area contributed by atoms with Crippen molar-refractivity contribution in [3.8, 4) is 11.1 Å². The number of nitrogens with one attached hydrogen (secondary N) is 1. The van der Waals surface area contributed by atoms with Crippen molar-refractivity contribution in [2.45, 2.75) is 89.5 Å². The van der Waals surface area contributed by atoms with Gasteiger partial charge in [-0.2, -0.15) is 10.2 Å². The molecule has 8 heterocycles. The van der Waals surface area contributed by atoms with Gasteiger partial charge in [-0.05, 0) is 78.6 Å². The van der Waals surface area contributed by atoms with Crippen LogP contribution in [0.3, 0.4) is 0 Å². The van der Waals surface area contributed by atoms with Crippen molar-refractivity contribution in [1.29, 1.82) is 0 Å². The topological polar surface area (TPSA) is 149 Å². The molecule has 2 aromatic heterocycles. The minimum absolute atomic E-state index is 0.0368. The minimum atomic E-state index is -2.74. The Morgan fingerprint density at radius 1 is 0.825 bits per heavy atom. The van der Waals surface area contributed by atoms with Gasteiger partial charge < -0.3 is 9.80 Å². The van der Waals surface area contributed by atoms with Crippen molar-refractivity contribution < 1.29 is 41.5 Å². The quantitative estimate of drug-likeness (QED) is 0.188. The minimum Gasteiger partial charge on any atom is -0.341 e. The molecule has 330 valence electrons. The van der Waals surface area contributed by atoms with Gasteiger partial charge in [-0.3, -0.25) is 53.4 Å². The number of alkyl halides is 4. The molecule has 0 saturated carbocycles. The molecule has 63 heavy (non-hydrogen) atoms. The number of amides is 5. The van der Waals surface area contributed by atoms with Crippen molar-refractivity contribution in [3.63, 3.8) is 0 Å². The molecule has 5 amide bonds. The maximum absolute atomic E-state index is 14.7. The summed E-state index contributed by atoms with van der Waals surface area (Å²) in [6, 6.07) is 5.62. The number of benzene rings is 2. The number of likely N-dealkylation sites (tertiary alicyclic amines) is 1. The zero-order chi connectivity index (χ0) is 43.8. The Bertz CT molecular complexity index is 2520. The number of imide groups is 2. The lowest BCUT2D eigenvalue weighted by Gasteiger charge is -2.34. The van der Waals surface area contributed by atoms with Crippen LogP contribution in [0.2, 0.25) is 0 Å². The first kappa shape index (κ1) is 41.1. The summed E-state index contributed by atoms with van der Waals surface area (Å²) in [6.45, 7) is 2.72. The molecule has 19 heteroatoms. The maximum atomic E-state index is 14.7. The second-order valence-electron chi connectivity index (χ2n) is 17.5. The molecule has 0 bridgehead atoms. The fraction of sp³-hybridized carbons (Fsp3) is 0.477. The highest BCUT2D eigenvalue weighted by molar-refractivity contribution is 6.23. The third-order valence-electron chi connectivity index (χ3n) is 13.5. The summed E-state index contributed by atoms with van der Waals surface area (Å²) >= 11 is 0. The molecule has 15 nitrogen and oxygen atoms in total. The van der Waals surface area contributed by atoms with E-state index in [4.69, 9.17) is 5.10 Å². The molecular formula is C44H46F4N10O5. The predicted octanol–water partition coefficient (Wildman–Crippen LogP) is 4.51. The number of fused-ring (bicyclic) bond motifs is 4. The van der Waals surface area contributed by atoms with Crippen molar-refractivity contribution in [3.05, 3.63) is 81.3 Å². The lowest BCUT2D eigenvalue weighted by atomic mass is 9.92. The molecule has 1 atom stereocenters. The standard InChI is InChI=1S/C44H46F4N10O5/c1-52-18-27(17-49-52)29-13-24-3-2-9-56(36(24)16-30(29)40(47)48)41-33-21-53(22-37(45)46)10-8-34(33)58(51-41)28-6-11-55(12-7-28)39(60)23-54-19-25-14-31-32(15-26(25)20-54)44(63)57(43(31)62)35-4-5-38(59)50-42(35)61/h13-18,28,35,37,40H,2-12,19-23H2,1H3,(H,50,59,61). The zero-order valence-corrected chi connectivity index (χ0v) is 34.7. The van der Waals surface area contributed by atoms with Crippen molar-refractivity contribution in [2.75, 3.05) is 44.2 Å². The molecule has 2 saturated heterocycles. The van der Waals surface area contributed by atoms with Gasteiger partial charge in [-0.25, -0.2) is 17.6 Å². The molecule has 1 unspecified atom stereocenters. The first-order valence-electron chi connectivity index (χ1n) is 21.5. The second-order valence-corrected chi connectivity index (χ2v) is 17.5. The van der Waals surface area contributed by atoms with E-state index < -0.39 is 42.5 Å². The first-order chi connectivity index (χ1) is 30.3. The highest BCUT2D eigenvalue weighted by Crippen LogP contribution is 2.44. The van der Waals surface area contributed by atoms with Crippen molar-refractivity contribution in [2.24, 2.45) is 7.05 Å². The number of aryl methyl sites for hydroxylation is 2. The normalized spacial score (nSPS) is 20.8. The Labute approximate surface area is 359 Å². The van der Waals surface area contributed by atoms with E-state index in [9.17, 15) is 41.5 Å². The molecule has 0 aliphatic carbocycles. The largest absolute Gasteiger partial charge is 0.341 e. The summed E-state index contributed by atoms with van der Waals surface area (Å²) in [5, 5.41) is 11.6. The van der Waals surface area contributed by atoms with Crippen molar-refractivity contribution >= 4 is 41.0 Å². The van der Waals surface area contributed by atoms with Crippen LogP contribution < -0.4 is 10.2 Å². The van der Waals surface area contributed by atoms with Crippen molar-refractivity contribution in [1.82, 2.24) is 44.5 Å². The third kappa shape index (κ3) is 7.37. The van der Waals surface area contributed by atoms with Gasteiger partial charge in [0.15, 0.2) is 5.82 Å². The number of piperidine rings is 2. The van der Waals surface area contributed by atoms with Crippen LogP contribution in [0, 0.1) is 0 Å². The number of carbonyl (C=O) groups excluding carboxylic acids is 5. The Morgan fingerprint density at radius 3 is 2.19 bits per heavy atom. The van der Waals surface area contributed by atoms with Crippen LogP contribution in [0.1, 0.15) is 98.8 Å². The van der Waals surface area contributed by atoms with Crippen LogP contribution in [0.15, 0.2) is 36.7 Å². The summed E-state index contributed by atoms with van der Waals surface area (Å²) in [5.41, 5.74) is 6.33. The number of halogens is 4. The van der Waals surface area contributed by atoms with Gasteiger partial charge >= 0.3 is 0 Å². The molecule has 2 aromatic carbocycles. The molecule has 6 aliphatic heterocycles.